The summed E-state index contributed by atoms with van der Waals surface area (Å²) in [4.78, 5) is 24.4. The van der Waals surface area contributed by atoms with Crippen LogP contribution >= 0.6 is 0 Å². The molecule has 1 rings (SSSR count). The Bertz CT molecular complexity index is 282. The fourth-order valence-corrected chi connectivity index (χ4v) is 2.12. The summed E-state index contributed by atoms with van der Waals surface area (Å²) < 4.78 is 0. The molecule has 1 saturated carbocycles. The fourth-order valence-electron chi connectivity index (χ4n) is 2.12. The summed E-state index contributed by atoms with van der Waals surface area (Å²) in [7, 11) is 1.77. The number of carbonyl (C=O) groups excluding carboxylic acids is 1. The molecule has 0 unspecified atom stereocenters. The van der Waals surface area contributed by atoms with Crippen molar-refractivity contribution in [3.63, 3.8) is 0 Å². The van der Waals surface area contributed by atoms with E-state index in [9.17, 15) is 9.59 Å². The van der Waals surface area contributed by atoms with Crippen LogP contribution < -0.4 is 0 Å². The summed E-state index contributed by atoms with van der Waals surface area (Å²) >= 11 is 0. The largest absolute Gasteiger partial charge is 0.481 e. The van der Waals surface area contributed by atoms with Gasteiger partial charge in [0.15, 0.2) is 0 Å². The van der Waals surface area contributed by atoms with Crippen LogP contribution in [0.3, 0.4) is 0 Å². The van der Waals surface area contributed by atoms with Gasteiger partial charge >= 0.3 is 5.97 Å². The van der Waals surface area contributed by atoms with Crippen LogP contribution in [0.2, 0.25) is 0 Å². The van der Waals surface area contributed by atoms with Crippen LogP contribution in [0.5, 0.6) is 0 Å². The second-order valence-electron chi connectivity index (χ2n) is 5.44. The number of carboxylic acid groups (broad SMARTS) is 1. The highest BCUT2D eigenvalue weighted by molar-refractivity contribution is 5.86. The molecule has 1 amide bonds. The first-order valence-corrected chi connectivity index (χ1v) is 5.80. The first-order chi connectivity index (χ1) is 7.33. The summed E-state index contributed by atoms with van der Waals surface area (Å²) in [6, 6.07) is 0. The van der Waals surface area contributed by atoms with Gasteiger partial charge in [-0.1, -0.05) is 20.3 Å². The Morgan fingerprint density at radius 2 is 1.94 bits per heavy atom. The van der Waals surface area contributed by atoms with Crippen LogP contribution in [0.25, 0.3) is 0 Å². The molecule has 16 heavy (non-hydrogen) atoms. The maximum atomic E-state index is 12.0. The Morgan fingerprint density at radius 3 is 2.31 bits per heavy atom. The van der Waals surface area contributed by atoms with Gasteiger partial charge in [0.1, 0.15) is 0 Å². The highest BCUT2D eigenvalue weighted by Crippen LogP contribution is 2.29. The molecule has 0 spiro atoms. The maximum absolute atomic E-state index is 12.0. The van der Waals surface area contributed by atoms with Crippen molar-refractivity contribution in [3.8, 4) is 0 Å². The van der Waals surface area contributed by atoms with Gasteiger partial charge in [0.05, 0.1) is 11.8 Å². The molecule has 0 aliphatic heterocycles. The van der Waals surface area contributed by atoms with Gasteiger partial charge in [0, 0.05) is 13.6 Å². The second kappa shape index (κ2) is 4.85. The molecule has 0 radical (unpaired) electrons. The van der Waals surface area contributed by atoms with E-state index in [1.54, 1.807) is 25.8 Å². The van der Waals surface area contributed by atoms with Crippen molar-refractivity contribution >= 4 is 11.9 Å². The summed E-state index contributed by atoms with van der Waals surface area (Å²) in [5.74, 6) is -0.369. The number of carboxylic acids is 1. The van der Waals surface area contributed by atoms with E-state index in [4.69, 9.17) is 5.11 Å². The SMILES string of the molecule is CN(CC1CCC1)C(=O)C(C)(C)CC(=O)O. The normalized spacial score (nSPS) is 16.7. The summed E-state index contributed by atoms with van der Waals surface area (Å²) in [5, 5.41) is 8.75. The quantitative estimate of drug-likeness (QED) is 0.778. The van der Waals surface area contributed by atoms with Crippen molar-refractivity contribution in [2.75, 3.05) is 13.6 Å². The summed E-state index contributed by atoms with van der Waals surface area (Å²) in [6.45, 7) is 4.16. The minimum atomic E-state index is -0.921. The first kappa shape index (κ1) is 13.0. The van der Waals surface area contributed by atoms with Gasteiger partial charge in [-0.05, 0) is 18.8 Å². The van der Waals surface area contributed by atoms with Crippen LogP contribution in [0.15, 0.2) is 0 Å². The van der Waals surface area contributed by atoms with Crippen molar-refractivity contribution in [2.45, 2.75) is 39.5 Å². The van der Waals surface area contributed by atoms with Gasteiger partial charge in [-0.2, -0.15) is 0 Å². The van der Waals surface area contributed by atoms with Gasteiger partial charge in [-0.25, -0.2) is 0 Å². The number of hydrogen-bond acceptors (Lipinski definition) is 2. The molecule has 0 aromatic carbocycles. The van der Waals surface area contributed by atoms with E-state index in [2.05, 4.69) is 0 Å². The van der Waals surface area contributed by atoms with Crippen LogP contribution in [0, 0.1) is 11.3 Å². The molecule has 1 aliphatic carbocycles. The maximum Gasteiger partial charge on any atom is 0.304 e. The molecule has 0 aromatic rings. The molecule has 4 heteroatoms. The van der Waals surface area contributed by atoms with Crippen LogP contribution in [-0.4, -0.2) is 35.5 Å². The predicted molar refractivity (Wildman–Crippen MR) is 61.0 cm³/mol. The first-order valence-electron chi connectivity index (χ1n) is 5.80. The minimum absolute atomic E-state index is 0.0678. The van der Waals surface area contributed by atoms with Crippen LogP contribution in [0.4, 0.5) is 0 Å². The zero-order valence-corrected chi connectivity index (χ0v) is 10.3. The van der Waals surface area contributed by atoms with Gasteiger partial charge < -0.3 is 10.0 Å². The molecule has 1 N–H and O–H groups in total. The number of carbonyl (C=O) groups is 2. The Labute approximate surface area is 96.6 Å². The fraction of sp³-hybridized carbons (Fsp3) is 0.833. The van der Waals surface area contributed by atoms with Crippen molar-refractivity contribution < 1.29 is 14.7 Å². The predicted octanol–water partition coefficient (Wildman–Crippen LogP) is 1.75. The Hall–Kier alpha value is -1.06. The standard InChI is InChI=1S/C12H21NO3/c1-12(2,7-10(14)15)11(16)13(3)8-9-5-4-6-9/h9H,4-8H2,1-3H3,(H,14,15). The van der Waals surface area contributed by atoms with E-state index in [1.807, 2.05) is 0 Å². The van der Waals surface area contributed by atoms with Crippen LogP contribution in [-0.2, 0) is 9.59 Å². The number of rotatable bonds is 5. The lowest BCUT2D eigenvalue weighted by molar-refractivity contribution is -0.148. The molecule has 0 heterocycles. The minimum Gasteiger partial charge on any atom is -0.481 e. The van der Waals surface area contributed by atoms with Gasteiger partial charge in [0.25, 0.3) is 0 Å². The third-order valence-corrected chi connectivity index (χ3v) is 3.28. The molecule has 0 aromatic heterocycles. The Kier molecular flexibility index (Phi) is 3.94. The lowest BCUT2D eigenvalue weighted by Crippen LogP contribution is -2.42. The monoisotopic (exact) mass is 227 g/mol. The average Bonchev–Trinajstić information content (AvgIpc) is 2.07. The van der Waals surface area contributed by atoms with Crippen molar-refractivity contribution in [1.82, 2.24) is 4.90 Å². The third-order valence-electron chi connectivity index (χ3n) is 3.28. The zero-order valence-electron chi connectivity index (χ0n) is 10.3. The van der Waals surface area contributed by atoms with E-state index >= 15 is 0 Å². The van der Waals surface area contributed by atoms with E-state index in [-0.39, 0.29) is 12.3 Å². The summed E-state index contributed by atoms with van der Waals surface area (Å²) in [6.07, 6.45) is 3.53. The van der Waals surface area contributed by atoms with E-state index in [0.717, 1.165) is 6.54 Å². The molecule has 0 atom stereocenters. The topological polar surface area (TPSA) is 57.6 Å². The Morgan fingerprint density at radius 1 is 1.38 bits per heavy atom. The lowest BCUT2D eigenvalue weighted by Gasteiger charge is -2.34. The van der Waals surface area contributed by atoms with E-state index in [1.165, 1.54) is 19.3 Å². The summed E-state index contributed by atoms with van der Waals surface area (Å²) in [5.41, 5.74) is -0.801. The molecule has 0 bridgehead atoms. The van der Waals surface area contributed by atoms with E-state index < -0.39 is 11.4 Å². The average molecular weight is 227 g/mol. The van der Waals surface area contributed by atoms with E-state index in [0.29, 0.717) is 5.92 Å². The molecule has 92 valence electrons. The van der Waals surface area contributed by atoms with Crippen molar-refractivity contribution in [1.29, 1.82) is 0 Å². The second-order valence-corrected chi connectivity index (χ2v) is 5.44. The smallest absolute Gasteiger partial charge is 0.304 e. The van der Waals surface area contributed by atoms with Crippen molar-refractivity contribution in [3.05, 3.63) is 0 Å². The van der Waals surface area contributed by atoms with Gasteiger partial charge in [-0.3, -0.25) is 9.59 Å². The third kappa shape index (κ3) is 3.22. The Balaban J connectivity index is 2.49. The number of aliphatic carboxylic acids is 1. The van der Waals surface area contributed by atoms with Crippen LogP contribution in [0.1, 0.15) is 39.5 Å². The number of hydrogen-bond donors (Lipinski definition) is 1. The highest BCUT2D eigenvalue weighted by Gasteiger charge is 2.34. The molecular weight excluding hydrogens is 206 g/mol. The highest BCUT2D eigenvalue weighted by atomic mass is 16.4. The molecular formula is C12H21NO3. The lowest BCUT2D eigenvalue weighted by atomic mass is 9.83. The van der Waals surface area contributed by atoms with Gasteiger partial charge in [-0.15, -0.1) is 0 Å². The molecule has 4 nitrogen and oxygen atoms in total. The molecule has 1 fully saturated rings. The van der Waals surface area contributed by atoms with Crippen molar-refractivity contribution in [2.24, 2.45) is 11.3 Å². The molecule has 0 saturated heterocycles. The number of amides is 1. The molecule has 1 aliphatic rings. The number of nitrogens with zero attached hydrogens (tertiary/aromatic N) is 1. The zero-order chi connectivity index (χ0) is 12.3. The van der Waals surface area contributed by atoms with Gasteiger partial charge in [0.2, 0.25) is 5.91 Å².